The van der Waals surface area contributed by atoms with Crippen molar-refractivity contribution in [3.8, 4) is 5.75 Å². The molecule has 1 atom stereocenters. The van der Waals surface area contributed by atoms with Crippen LogP contribution in [0.2, 0.25) is 0 Å². The quantitative estimate of drug-likeness (QED) is 0.550. The van der Waals surface area contributed by atoms with Crippen LogP contribution in [0.1, 0.15) is 23.0 Å². The van der Waals surface area contributed by atoms with E-state index in [2.05, 4.69) is 10.3 Å². The molecular formula is C22H23N3O4S. The summed E-state index contributed by atoms with van der Waals surface area (Å²) in [6, 6.07) is 13.9. The molecule has 2 aromatic carbocycles. The van der Waals surface area contributed by atoms with E-state index in [1.165, 1.54) is 18.3 Å². The summed E-state index contributed by atoms with van der Waals surface area (Å²) < 4.78 is 10.9. The third-order valence-electron chi connectivity index (χ3n) is 4.26. The molecule has 0 saturated heterocycles. The number of hydrogen-bond donors (Lipinski definition) is 1. The van der Waals surface area contributed by atoms with Gasteiger partial charge in [-0.3, -0.25) is 4.79 Å². The molecular weight excluding hydrogens is 402 g/mol. The minimum absolute atomic E-state index is 0.339. The van der Waals surface area contributed by atoms with Gasteiger partial charge in [-0.15, -0.1) is 11.3 Å². The van der Waals surface area contributed by atoms with Crippen LogP contribution in [0.3, 0.4) is 0 Å². The lowest BCUT2D eigenvalue weighted by atomic mass is 10.2. The van der Waals surface area contributed by atoms with E-state index in [-0.39, 0.29) is 0 Å². The van der Waals surface area contributed by atoms with Crippen LogP contribution >= 0.6 is 11.3 Å². The van der Waals surface area contributed by atoms with Gasteiger partial charge in [-0.05, 0) is 55.5 Å². The van der Waals surface area contributed by atoms with Crippen molar-refractivity contribution in [3.63, 3.8) is 0 Å². The van der Waals surface area contributed by atoms with Gasteiger partial charge in [0.05, 0.1) is 16.8 Å². The van der Waals surface area contributed by atoms with Gasteiger partial charge in [0.25, 0.3) is 5.91 Å². The molecule has 0 aliphatic carbocycles. The van der Waals surface area contributed by atoms with Crippen LogP contribution in [0, 0.1) is 0 Å². The summed E-state index contributed by atoms with van der Waals surface area (Å²) in [5.74, 6) is -0.359. The number of nitrogens with zero attached hydrogens (tertiary/aromatic N) is 2. The summed E-state index contributed by atoms with van der Waals surface area (Å²) in [6.45, 7) is 1.90. The standard InChI is InChI=1S/C22H23N3O4S/c1-15(21(26)24-17-6-8-19(9-7-17)25(2)3)29-22(27)16-4-10-20(11-5-16)28-12-18-13-30-14-23-18/h4-11,13-15H,12H2,1-3H3,(H,24,26)/t15-/m0/s1. The van der Waals surface area contributed by atoms with Crippen LogP contribution in [-0.2, 0) is 16.1 Å². The minimum Gasteiger partial charge on any atom is -0.487 e. The fourth-order valence-corrected chi connectivity index (χ4v) is 3.07. The minimum atomic E-state index is -0.938. The first-order chi connectivity index (χ1) is 14.4. The molecule has 1 N–H and O–H groups in total. The van der Waals surface area contributed by atoms with Gasteiger partial charge in [-0.1, -0.05) is 0 Å². The molecule has 0 aliphatic rings. The first-order valence-electron chi connectivity index (χ1n) is 9.31. The van der Waals surface area contributed by atoms with E-state index in [4.69, 9.17) is 9.47 Å². The first kappa shape index (κ1) is 21.3. The molecule has 0 spiro atoms. The van der Waals surface area contributed by atoms with Gasteiger partial charge < -0.3 is 19.7 Å². The SMILES string of the molecule is C[C@H](OC(=O)c1ccc(OCc2cscn2)cc1)C(=O)Nc1ccc(N(C)C)cc1. The number of carbonyl (C=O) groups excluding carboxylic acids is 2. The Hall–Kier alpha value is -3.39. The predicted octanol–water partition coefficient (Wildman–Crippen LogP) is 3.97. The van der Waals surface area contributed by atoms with E-state index < -0.39 is 18.0 Å². The first-order valence-corrected chi connectivity index (χ1v) is 10.3. The van der Waals surface area contributed by atoms with E-state index in [1.807, 2.05) is 36.5 Å². The molecule has 156 valence electrons. The van der Waals surface area contributed by atoms with Gasteiger partial charge in [0.2, 0.25) is 0 Å². The van der Waals surface area contributed by atoms with Crippen molar-refractivity contribution in [2.45, 2.75) is 19.6 Å². The number of amides is 1. The van der Waals surface area contributed by atoms with Crippen LogP contribution in [0.5, 0.6) is 5.75 Å². The van der Waals surface area contributed by atoms with Crippen molar-refractivity contribution in [1.82, 2.24) is 4.98 Å². The molecule has 30 heavy (non-hydrogen) atoms. The van der Waals surface area contributed by atoms with Crippen molar-refractivity contribution < 1.29 is 19.1 Å². The number of rotatable bonds is 8. The Labute approximate surface area is 179 Å². The van der Waals surface area contributed by atoms with Crippen LogP contribution in [0.15, 0.2) is 59.4 Å². The van der Waals surface area contributed by atoms with E-state index in [1.54, 1.807) is 41.9 Å². The third-order valence-corrected chi connectivity index (χ3v) is 4.90. The average Bonchev–Trinajstić information content (AvgIpc) is 3.26. The Morgan fingerprint density at radius 2 is 1.80 bits per heavy atom. The van der Waals surface area contributed by atoms with Crippen LogP contribution < -0.4 is 15.0 Å². The Balaban J connectivity index is 1.50. The lowest BCUT2D eigenvalue weighted by Gasteiger charge is -2.15. The largest absolute Gasteiger partial charge is 0.487 e. The highest BCUT2D eigenvalue weighted by Crippen LogP contribution is 2.17. The number of esters is 1. The van der Waals surface area contributed by atoms with Crippen LogP contribution in [0.4, 0.5) is 11.4 Å². The van der Waals surface area contributed by atoms with E-state index in [9.17, 15) is 9.59 Å². The number of hydrogen-bond acceptors (Lipinski definition) is 7. The molecule has 0 fully saturated rings. The number of aromatic nitrogens is 1. The zero-order chi connectivity index (χ0) is 21.5. The fraction of sp³-hybridized carbons (Fsp3) is 0.227. The number of benzene rings is 2. The molecule has 7 nitrogen and oxygen atoms in total. The van der Waals surface area contributed by atoms with Gasteiger partial charge in [0, 0.05) is 30.9 Å². The topological polar surface area (TPSA) is 80.8 Å². The molecule has 1 amide bonds. The molecule has 3 aromatic rings. The highest BCUT2D eigenvalue weighted by Gasteiger charge is 2.19. The maximum absolute atomic E-state index is 12.3. The zero-order valence-corrected chi connectivity index (χ0v) is 17.8. The number of nitrogens with one attached hydrogen (secondary N) is 1. The molecule has 3 rings (SSSR count). The summed E-state index contributed by atoms with van der Waals surface area (Å²) in [6.07, 6.45) is -0.938. The lowest BCUT2D eigenvalue weighted by molar-refractivity contribution is -0.123. The molecule has 0 aliphatic heterocycles. The summed E-state index contributed by atoms with van der Waals surface area (Å²) >= 11 is 1.50. The summed E-state index contributed by atoms with van der Waals surface area (Å²) in [4.78, 5) is 30.8. The normalized spacial score (nSPS) is 11.4. The molecule has 0 radical (unpaired) electrons. The van der Waals surface area contributed by atoms with E-state index in [0.717, 1.165) is 11.4 Å². The highest BCUT2D eigenvalue weighted by molar-refractivity contribution is 7.07. The molecule has 0 bridgehead atoms. The maximum Gasteiger partial charge on any atom is 0.338 e. The van der Waals surface area contributed by atoms with Gasteiger partial charge in [0.15, 0.2) is 6.10 Å². The van der Waals surface area contributed by atoms with Crippen LogP contribution in [-0.4, -0.2) is 37.1 Å². The summed E-state index contributed by atoms with van der Waals surface area (Å²) in [5, 5.41) is 4.66. The summed E-state index contributed by atoms with van der Waals surface area (Å²) in [5.41, 5.74) is 4.58. The maximum atomic E-state index is 12.3. The summed E-state index contributed by atoms with van der Waals surface area (Å²) in [7, 11) is 3.88. The molecule has 8 heteroatoms. The van der Waals surface area contributed by atoms with Gasteiger partial charge in [-0.25, -0.2) is 9.78 Å². The number of carbonyl (C=O) groups is 2. The van der Waals surface area contributed by atoms with Gasteiger partial charge in [0.1, 0.15) is 12.4 Å². The molecule has 0 unspecified atom stereocenters. The number of ether oxygens (including phenoxy) is 2. The molecule has 1 heterocycles. The second-order valence-electron chi connectivity index (χ2n) is 6.77. The second kappa shape index (κ2) is 9.89. The lowest BCUT2D eigenvalue weighted by Crippen LogP contribution is -2.30. The van der Waals surface area contributed by atoms with Crippen molar-refractivity contribution in [2.75, 3.05) is 24.3 Å². The van der Waals surface area contributed by atoms with E-state index in [0.29, 0.717) is 23.6 Å². The van der Waals surface area contributed by atoms with Crippen LogP contribution in [0.25, 0.3) is 0 Å². The predicted molar refractivity (Wildman–Crippen MR) is 117 cm³/mol. The van der Waals surface area contributed by atoms with Gasteiger partial charge in [-0.2, -0.15) is 0 Å². The Morgan fingerprint density at radius 3 is 2.40 bits per heavy atom. The molecule has 1 aromatic heterocycles. The fourth-order valence-electron chi connectivity index (χ4n) is 2.52. The Kier molecular flexibility index (Phi) is 7.03. The highest BCUT2D eigenvalue weighted by atomic mass is 32.1. The second-order valence-corrected chi connectivity index (χ2v) is 7.49. The number of anilines is 2. The van der Waals surface area contributed by atoms with Gasteiger partial charge >= 0.3 is 5.97 Å². The Morgan fingerprint density at radius 1 is 1.10 bits per heavy atom. The van der Waals surface area contributed by atoms with Crippen molar-refractivity contribution in [1.29, 1.82) is 0 Å². The van der Waals surface area contributed by atoms with Crippen molar-refractivity contribution >= 4 is 34.6 Å². The monoisotopic (exact) mass is 425 g/mol. The molecule has 0 saturated carbocycles. The van der Waals surface area contributed by atoms with Crippen molar-refractivity contribution in [3.05, 3.63) is 70.7 Å². The smallest absolute Gasteiger partial charge is 0.338 e. The number of thiazole rings is 1. The van der Waals surface area contributed by atoms with Crippen molar-refractivity contribution in [2.24, 2.45) is 0 Å². The average molecular weight is 426 g/mol. The third kappa shape index (κ3) is 5.81. The van der Waals surface area contributed by atoms with E-state index >= 15 is 0 Å². The Bertz CT molecular complexity index is 971. The zero-order valence-electron chi connectivity index (χ0n) is 17.0.